The molecule has 1 amide bonds. The Balaban J connectivity index is 2.68. The molecule has 0 spiro atoms. The zero-order valence-electron chi connectivity index (χ0n) is 9.59. The molecule has 0 saturated carbocycles. The lowest BCUT2D eigenvalue weighted by Gasteiger charge is -2.18. The van der Waals surface area contributed by atoms with Crippen molar-refractivity contribution in [2.24, 2.45) is 0 Å². The first-order valence-electron chi connectivity index (χ1n) is 5.37. The van der Waals surface area contributed by atoms with Crippen molar-refractivity contribution in [3.8, 4) is 0 Å². The molecule has 0 aliphatic heterocycles. The summed E-state index contributed by atoms with van der Waals surface area (Å²) < 4.78 is 1.08. The average molecular weight is 285 g/mol. The van der Waals surface area contributed by atoms with Crippen LogP contribution in [0, 0.1) is 0 Å². The highest BCUT2D eigenvalue weighted by molar-refractivity contribution is 9.10. The van der Waals surface area contributed by atoms with Gasteiger partial charge in [-0.2, -0.15) is 0 Å². The molecule has 16 heavy (non-hydrogen) atoms. The van der Waals surface area contributed by atoms with E-state index in [-0.39, 0.29) is 11.9 Å². The molecule has 0 radical (unpaired) electrons. The molecule has 0 saturated heterocycles. The molecule has 0 fully saturated rings. The number of likely N-dealkylation sites (N-methyl/N-ethyl adjacent to an activating group) is 1. The average Bonchev–Trinajstić information content (AvgIpc) is 2.31. The van der Waals surface area contributed by atoms with E-state index in [0.717, 1.165) is 10.9 Å². The fraction of sp³-hybridized carbons (Fsp3) is 0.417. The van der Waals surface area contributed by atoms with Gasteiger partial charge in [0.2, 0.25) is 5.91 Å². The first-order valence-corrected chi connectivity index (χ1v) is 6.16. The maximum atomic E-state index is 11.2. The van der Waals surface area contributed by atoms with Crippen LogP contribution in [0.25, 0.3) is 0 Å². The van der Waals surface area contributed by atoms with Gasteiger partial charge in [-0.1, -0.05) is 41.1 Å². The largest absolute Gasteiger partial charge is 0.358 e. The Morgan fingerprint density at radius 3 is 2.69 bits per heavy atom. The van der Waals surface area contributed by atoms with Gasteiger partial charge in [-0.05, 0) is 18.1 Å². The van der Waals surface area contributed by atoms with E-state index < -0.39 is 0 Å². The highest BCUT2D eigenvalue weighted by atomic mass is 79.9. The summed E-state index contributed by atoms with van der Waals surface area (Å²) >= 11 is 3.52. The Kier molecular flexibility index (Phi) is 5.49. The van der Waals surface area contributed by atoms with E-state index in [1.165, 1.54) is 5.56 Å². The van der Waals surface area contributed by atoms with E-state index >= 15 is 0 Å². The second kappa shape index (κ2) is 6.66. The van der Waals surface area contributed by atoms with Gasteiger partial charge in [-0.15, -0.1) is 0 Å². The minimum atomic E-state index is 0.00510. The predicted octanol–water partition coefficient (Wildman–Crippen LogP) is 2.24. The first-order chi connectivity index (χ1) is 7.69. The van der Waals surface area contributed by atoms with Gasteiger partial charge in [-0.25, -0.2) is 0 Å². The van der Waals surface area contributed by atoms with Crippen molar-refractivity contribution in [2.45, 2.75) is 19.4 Å². The van der Waals surface area contributed by atoms with E-state index in [0.29, 0.717) is 6.54 Å². The molecule has 4 heteroatoms. The van der Waals surface area contributed by atoms with E-state index in [9.17, 15) is 4.79 Å². The van der Waals surface area contributed by atoms with Crippen LogP contribution in [0.1, 0.15) is 24.9 Å². The third-order valence-electron chi connectivity index (χ3n) is 2.48. The highest BCUT2D eigenvalue weighted by Gasteiger charge is 2.12. The molecule has 2 N–H and O–H groups in total. The maximum Gasteiger partial charge on any atom is 0.233 e. The standard InChI is InChI=1S/C12H17BrN2O/c1-3-11(15-8-12(16)14-2)9-6-4-5-7-10(9)13/h4-7,11,15H,3,8H2,1-2H3,(H,14,16). The van der Waals surface area contributed by atoms with Crippen molar-refractivity contribution >= 4 is 21.8 Å². The Hall–Kier alpha value is -0.870. The third-order valence-corrected chi connectivity index (χ3v) is 3.20. The van der Waals surface area contributed by atoms with Crippen molar-refractivity contribution in [3.05, 3.63) is 34.3 Å². The molecular formula is C12H17BrN2O. The molecule has 88 valence electrons. The summed E-state index contributed by atoms with van der Waals surface area (Å²) in [6.07, 6.45) is 0.944. The predicted molar refractivity (Wildman–Crippen MR) is 69.2 cm³/mol. The lowest BCUT2D eigenvalue weighted by molar-refractivity contribution is -0.119. The van der Waals surface area contributed by atoms with Crippen LogP contribution in [0.4, 0.5) is 0 Å². The van der Waals surface area contributed by atoms with E-state index in [4.69, 9.17) is 0 Å². The topological polar surface area (TPSA) is 41.1 Å². The van der Waals surface area contributed by atoms with Gasteiger partial charge in [-0.3, -0.25) is 4.79 Å². The van der Waals surface area contributed by atoms with Gasteiger partial charge in [0.15, 0.2) is 0 Å². The monoisotopic (exact) mass is 284 g/mol. The highest BCUT2D eigenvalue weighted by Crippen LogP contribution is 2.24. The molecule has 0 bridgehead atoms. The van der Waals surface area contributed by atoms with Gasteiger partial charge >= 0.3 is 0 Å². The van der Waals surface area contributed by atoms with Crippen LogP contribution in [0.3, 0.4) is 0 Å². The number of hydrogen-bond acceptors (Lipinski definition) is 2. The first kappa shape index (κ1) is 13.2. The molecule has 0 aliphatic rings. The number of nitrogens with one attached hydrogen (secondary N) is 2. The smallest absolute Gasteiger partial charge is 0.233 e. The Morgan fingerprint density at radius 1 is 1.44 bits per heavy atom. The van der Waals surface area contributed by atoms with E-state index in [2.05, 4.69) is 39.6 Å². The molecule has 1 unspecified atom stereocenters. The Labute approximate surface area is 105 Å². The molecule has 1 aromatic carbocycles. The molecule has 1 aromatic rings. The Bertz CT molecular complexity index is 355. The van der Waals surface area contributed by atoms with Crippen LogP contribution >= 0.6 is 15.9 Å². The van der Waals surface area contributed by atoms with Crippen LogP contribution in [0.5, 0.6) is 0 Å². The summed E-state index contributed by atoms with van der Waals surface area (Å²) in [7, 11) is 1.64. The molecule has 0 heterocycles. The van der Waals surface area contributed by atoms with Crippen molar-refractivity contribution < 1.29 is 4.79 Å². The summed E-state index contributed by atoms with van der Waals surface area (Å²) in [4.78, 5) is 11.2. The lowest BCUT2D eigenvalue weighted by atomic mass is 10.0. The number of hydrogen-bond donors (Lipinski definition) is 2. The summed E-state index contributed by atoms with van der Waals surface area (Å²) in [5.74, 6) is 0.00510. The van der Waals surface area contributed by atoms with E-state index in [1.54, 1.807) is 7.05 Å². The number of benzene rings is 1. The molecule has 1 rings (SSSR count). The van der Waals surface area contributed by atoms with Gasteiger partial charge < -0.3 is 10.6 Å². The van der Waals surface area contributed by atoms with Crippen molar-refractivity contribution in [1.82, 2.24) is 10.6 Å². The summed E-state index contributed by atoms with van der Waals surface area (Å²) in [5.41, 5.74) is 1.19. The minimum absolute atomic E-state index is 0.00510. The lowest BCUT2D eigenvalue weighted by Crippen LogP contribution is -2.33. The fourth-order valence-electron chi connectivity index (χ4n) is 1.54. The molecule has 3 nitrogen and oxygen atoms in total. The van der Waals surface area contributed by atoms with Crippen molar-refractivity contribution in [2.75, 3.05) is 13.6 Å². The minimum Gasteiger partial charge on any atom is -0.358 e. The van der Waals surface area contributed by atoms with Gasteiger partial charge in [0.05, 0.1) is 6.54 Å². The van der Waals surface area contributed by atoms with Gasteiger partial charge in [0.25, 0.3) is 0 Å². The summed E-state index contributed by atoms with van der Waals surface area (Å²) in [6, 6.07) is 8.27. The number of carbonyl (C=O) groups is 1. The third kappa shape index (κ3) is 3.61. The zero-order chi connectivity index (χ0) is 12.0. The van der Waals surface area contributed by atoms with Crippen LogP contribution in [0.15, 0.2) is 28.7 Å². The van der Waals surface area contributed by atoms with Gasteiger partial charge in [0.1, 0.15) is 0 Å². The second-order valence-corrected chi connectivity index (χ2v) is 4.39. The zero-order valence-corrected chi connectivity index (χ0v) is 11.2. The molecule has 0 aliphatic carbocycles. The number of carbonyl (C=O) groups excluding carboxylic acids is 1. The van der Waals surface area contributed by atoms with Gasteiger partial charge in [0, 0.05) is 17.6 Å². The normalized spacial score (nSPS) is 12.2. The van der Waals surface area contributed by atoms with Crippen LogP contribution in [-0.4, -0.2) is 19.5 Å². The number of rotatable bonds is 5. The van der Waals surface area contributed by atoms with E-state index in [1.807, 2.05) is 18.2 Å². The second-order valence-electron chi connectivity index (χ2n) is 3.54. The quantitative estimate of drug-likeness (QED) is 0.871. The fourth-order valence-corrected chi connectivity index (χ4v) is 2.10. The van der Waals surface area contributed by atoms with Crippen LogP contribution in [-0.2, 0) is 4.79 Å². The number of amides is 1. The molecule has 0 aromatic heterocycles. The Morgan fingerprint density at radius 2 is 2.12 bits per heavy atom. The van der Waals surface area contributed by atoms with Crippen LogP contribution < -0.4 is 10.6 Å². The summed E-state index contributed by atoms with van der Waals surface area (Å²) in [6.45, 7) is 2.44. The number of halogens is 1. The maximum absolute atomic E-state index is 11.2. The SMILES string of the molecule is CCC(NCC(=O)NC)c1ccccc1Br. The molecule has 1 atom stereocenters. The molecular weight excluding hydrogens is 268 g/mol. The van der Waals surface area contributed by atoms with Crippen molar-refractivity contribution in [3.63, 3.8) is 0 Å². The van der Waals surface area contributed by atoms with Crippen LogP contribution in [0.2, 0.25) is 0 Å². The van der Waals surface area contributed by atoms with Crippen molar-refractivity contribution in [1.29, 1.82) is 0 Å². The summed E-state index contributed by atoms with van der Waals surface area (Å²) in [5, 5.41) is 5.83.